The van der Waals surface area contributed by atoms with E-state index in [2.05, 4.69) is 15.6 Å². The molecule has 4 rings (SSSR count). The van der Waals surface area contributed by atoms with Crippen molar-refractivity contribution in [1.82, 2.24) is 9.55 Å². The Morgan fingerprint density at radius 3 is 2.52 bits per heavy atom. The minimum atomic E-state index is -0.0138. The largest absolute Gasteiger partial charge is 0.508 e. The monoisotopic (exact) mass is 388 g/mol. The third kappa shape index (κ3) is 4.58. The van der Waals surface area contributed by atoms with Gasteiger partial charge < -0.3 is 19.5 Å². The van der Waals surface area contributed by atoms with Crippen molar-refractivity contribution in [3.05, 3.63) is 84.3 Å². The van der Waals surface area contributed by atoms with Crippen LogP contribution in [0.2, 0.25) is 0 Å². The number of ether oxygens (including phenoxy) is 1. The van der Waals surface area contributed by atoms with Crippen LogP contribution in [0.15, 0.2) is 73.1 Å². The molecule has 0 saturated carbocycles. The summed E-state index contributed by atoms with van der Waals surface area (Å²) >= 11 is 0. The molecule has 0 spiro atoms. The van der Waals surface area contributed by atoms with Crippen LogP contribution in [0.1, 0.15) is 24.1 Å². The van der Waals surface area contributed by atoms with Gasteiger partial charge in [0.15, 0.2) is 0 Å². The molecular formula is C24H24N2O3. The molecule has 0 aliphatic carbocycles. The van der Waals surface area contributed by atoms with Crippen molar-refractivity contribution in [2.24, 2.45) is 0 Å². The van der Waals surface area contributed by atoms with E-state index in [9.17, 15) is 10.2 Å². The quantitative estimate of drug-likeness (QED) is 0.415. The van der Waals surface area contributed by atoms with Crippen LogP contribution in [0.25, 0.3) is 10.9 Å². The zero-order valence-electron chi connectivity index (χ0n) is 16.2. The number of phenolic OH excluding ortho intramolecular Hbond substituents is 1. The maximum absolute atomic E-state index is 9.79. The van der Waals surface area contributed by atoms with Gasteiger partial charge in [-0.15, -0.1) is 0 Å². The summed E-state index contributed by atoms with van der Waals surface area (Å²) in [6, 6.07) is 18.6. The number of aliphatic hydroxyl groups is 1. The predicted molar refractivity (Wildman–Crippen MR) is 113 cm³/mol. The summed E-state index contributed by atoms with van der Waals surface area (Å²) in [6.07, 6.45) is 6.93. The number of hydrogen-bond acceptors (Lipinski definition) is 4. The Bertz CT molecular complexity index is 1070. The second-order valence-electron chi connectivity index (χ2n) is 7.06. The fraction of sp³-hybridized carbons (Fsp3) is 0.208. The van der Waals surface area contributed by atoms with Gasteiger partial charge in [0.05, 0.1) is 6.61 Å². The van der Waals surface area contributed by atoms with E-state index in [-0.39, 0.29) is 12.4 Å². The zero-order valence-corrected chi connectivity index (χ0v) is 16.2. The van der Waals surface area contributed by atoms with E-state index in [0.717, 1.165) is 48.0 Å². The summed E-state index contributed by atoms with van der Waals surface area (Å²) in [7, 11) is 0. The average Bonchev–Trinajstić information content (AvgIpc) is 3.11. The number of unbranched alkanes of at least 4 members (excludes halogenated alkanes) is 1. The molecule has 0 atom stereocenters. The summed E-state index contributed by atoms with van der Waals surface area (Å²) in [6.45, 7) is 0.877. The maximum atomic E-state index is 9.79. The first kappa shape index (κ1) is 19.0. The van der Waals surface area contributed by atoms with Gasteiger partial charge in [0, 0.05) is 41.1 Å². The SMILES string of the molecule is OCc1cn(CCCCc2ccccn2)c2ccc(Oc3ccc(O)cc3)cc12. The number of nitrogens with zero attached hydrogens (tertiary/aromatic N) is 2. The Hall–Kier alpha value is -3.31. The highest BCUT2D eigenvalue weighted by Gasteiger charge is 2.10. The number of aromatic hydroxyl groups is 1. The molecule has 5 heteroatoms. The van der Waals surface area contributed by atoms with Gasteiger partial charge >= 0.3 is 0 Å². The molecule has 148 valence electrons. The first-order chi connectivity index (χ1) is 14.2. The number of aliphatic hydroxyl groups excluding tert-OH is 1. The van der Waals surface area contributed by atoms with E-state index >= 15 is 0 Å². The second-order valence-corrected chi connectivity index (χ2v) is 7.06. The molecule has 2 aromatic heterocycles. The van der Waals surface area contributed by atoms with E-state index < -0.39 is 0 Å². The van der Waals surface area contributed by atoms with Gasteiger partial charge in [-0.2, -0.15) is 0 Å². The van der Waals surface area contributed by atoms with E-state index in [1.807, 2.05) is 42.7 Å². The first-order valence-corrected chi connectivity index (χ1v) is 9.82. The minimum Gasteiger partial charge on any atom is -0.508 e. The highest BCUT2D eigenvalue weighted by atomic mass is 16.5. The van der Waals surface area contributed by atoms with Gasteiger partial charge in [-0.1, -0.05) is 6.07 Å². The second kappa shape index (κ2) is 8.80. The lowest BCUT2D eigenvalue weighted by Gasteiger charge is -2.08. The smallest absolute Gasteiger partial charge is 0.128 e. The number of hydrogen-bond donors (Lipinski definition) is 2. The van der Waals surface area contributed by atoms with Gasteiger partial charge in [0.25, 0.3) is 0 Å². The summed E-state index contributed by atoms with van der Waals surface area (Å²) < 4.78 is 8.09. The molecule has 0 unspecified atom stereocenters. The molecule has 0 radical (unpaired) electrons. The standard InChI is InChI=1S/C24H24N2O3/c27-17-18-16-26(14-4-2-6-19-5-1-3-13-25-19)24-12-11-22(15-23(18)24)29-21-9-7-20(28)8-10-21/h1,3,5,7-13,15-16,27-28H,2,4,6,14,17H2. The van der Waals surface area contributed by atoms with Gasteiger partial charge in [-0.25, -0.2) is 0 Å². The maximum Gasteiger partial charge on any atom is 0.128 e. The van der Waals surface area contributed by atoms with Gasteiger partial charge in [-0.05, 0) is 73.9 Å². The number of phenols is 1. The number of aromatic nitrogens is 2. The van der Waals surface area contributed by atoms with Crippen molar-refractivity contribution in [3.63, 3.8) is 0 Å². The van der Waals surface area contributed by atoms with Crippen molar-refractivity contribution in [2.75, 3.05) is 0 Å². The number of aryl methyl sites for hydroxylation is 2. The van der Waals surface area contributed by atoms with Crippen molar-refractivity contribution in [3.8, 4) is 17.2 Å². The summed E-state index contributed by atoms with van der Waals surface area (Å²) in [5, 5.41) is 20.2. The van der Waals surface area contributed by atoms with E-state index in [1.165, 1.54) is 0 Å². The highest BCUT2D eigenvalue weighted by molar-refractivity contribution is 5.85. The molecule has 2 heterocycles. The summed E-state index contributed by atoms with van der Waals surface area (Å²) in [5.41, 5.74) is 3.10. The Kier molecular flexibility index (Phi) is 5.77. The van der Waals surface area contributed by atoms with Gasteiger partial charge in [-0.3, -0.25) is 4.98 Å². The normalized spacial score (nSPS) is 11.1. The molecule has 0 bridgehead atoms. The predicted octanol–water partition coefficient (Wildman–Crippen LogP) is 5.05. The molecule has 2 N–H and O–H groups in total. The number of rotatable bonds is 8. The van der Waals surface area contributed by atoms with Crippen LogP contribution in [-0.2, 0) is 19.6 Å². The lowest BCUT2D eigenvalue weighted by atomic mass is 10.1. The van der Waals surface area contributed by atoms with Crippen LogP contribution in [0.3, 0.4) is 0 Å². The molecule has 5 nitrogen and oxygen atoms in total. The number of fused-ring (bicyclic) bond motifs is 1. The van der Waals surface area contributed by atoms with E-state index in [4.69, 9.17) is 4.74 Å². The molecule has 0 amide bonds. The van der Waals surface area contributed by atoms with Crippen LogP contribution < -0.4 is 4.74 Å². The fourth-order valence-electron chi connectivity index (χ4n) is 3.51. The van der Waals surface area contributed by atoms with E-state index in [0.29, 0.717) is 11.5 Å². The minimum absolute atomic E-state index is 0.0138. The van der Waals surface area contributed by atoms with Crippen LogP contribution in [0, 0.1) is 0 Å². The lowest BCUT2D eigenvalue weighted by Crippen LogP contribution is -1.98. The van der Waals surface area contributed by atoms with Gasteiger partial charge in [0.2, 0.25) is 0 Å². The Morgan fingerprint density at radius 1 is 0.931 bits per heavy atom. The van der Waals surface area contributed by atoms with Crippen LogP contribution in [-0.4, -0.2) is 19.8 Å². The fourth-order valence-corrected chi connectivity index (χ4v) is 3.51. The highest BCUT2D eigenvalue weighted by Crippen LogP contribution is 2.30. The summed E-state index contributed by atoms with van der Waals surface area (Å²) in [5.74, 6) is 1.56. The van der Waals surface area contributed by atoms with Crippen molar-refractivity contribution >= 4 is 10.9 Å². The zero-order chi connectivity index (χ0) is 20.1. The van der Waals surface area contributed by atoms with Crippen molar-refractivity contribution in [1.29, 1.82) is 0 Å². The molecule has 0 aliphatic rings. The number of benzene rings is 2. The molecule has 29 heavy (non-hydrogen) atoms. The van der Waals surface area contributed by atoms with Crippen molar-refractivity contribution in [2.45, 2.75) is 32.4 Å². The van der Waals surface area contributed by atoms with Crippen LogP contribution in [0.4, 0.5) is 0 Å². The molecule has 0 saturated heterocycles. The summed E-state index contributed by atoms with van der Waals surface area (Å²) in [4.78, 5) is 4.37. The third-order valence-electron chi connectivity index (χ3n) is 4.99. The van der Waals surface area contributed by atoms with Crippen LogP contribution >= 0.6 is 0 Å². The number of pyridine rings is 1. The molecule has 2 aromatic carbocycles. The van der Waals surface area contributed by atoms with Crippen molar-refractivity contribution < 1.29 is 14.9 Å². The average molecular weight is 388 g/mol. The molecule has 0 aliphatic heterocycles. The third-order valence-corrected chi connectivity index (χ3v) is 4.99. The van der Waals surface area contributed by atoms with E-state index in [1.54, 1.807) is 24.3 Å². The van der Waals surface area contributed by atoms with Crippen LogP contribution in [0.5, 0.6) is 17.2 Å². The molecule has 0 fully saturated rings. The molecular weight excluding hydrogens is 364 g/mol. The topological polar surface area (TPSA) is 67.5 Å². The lowest BCUT2D eigenvalue weighted by molar-refractivity contribution is 0.283. The first-order valence-electron chi connectivity index (χ1n) is 9.82. The Morgan fingerprint density at radius 2 is 1.76 bits per heavy atom. The Labute approximate surface area is 169 Å². The van der Waals surface area contributed by atoms with Gasteiger partial charge in [0.1, 0.15) is 17.2 Å². The molecule has 4 aromatic rings. The Balaban J connectivity index is 1.46.